The number of hydrogen-bond donors (Lipinski definition) is 1. The van der Waals surface area contributed by atoms with E-state index in [9.17, 15) is 0 Å². The topological polar surface area (TPSA) is 38.5 Å². The lowest BCUT2D eigenvalue weighted by Crippen LogP contribution is -2.37. The number of methoxy groups -OCH3 is 1. The van der Waals surface area contributed by atoms with Crippen LogP contribution in [0, 0.1) is 5.92 Å². The van der Waals surface area contributed by atoms with Crippen molar-refractivity contribution < 1.29 is 4.74 Å². The first kappa shape index (κ1) is 14.8. The maximum Gasteiger partial charge on any atom is 0.123 e. The van der Waals surface area contributed by atoms with E-state index in [-0.39, 0.29) is 0 Å². The van der Waals surface area contributed by atoms with Gasteiger partial charge in [0.25, 0.3) is 0 Å². The lowest BCUT2D eigenvalue weighted by Gasteiger charge is -2.29. The minimum Gasteiger partial charge on any atom is -0.496 e. The zero-order valence-electron chi connectivity index (χ0n) is 11.7. The predicted octanol–water partition coefficient (Wildman–Crippen LogP) is 3.02. The van der Waals surface area contributed by atoms with Crippen molar-refractivity contribution in [3.8, 4) is 5.75 Å². The van der Waals surface area contributed by atoms with Gasteiger partial charge in [0, 0.05) is 22.6 Å². The fraction of sp³-hybridized carbons (Fsp3) is 0.600. The molecule has 2 rings (SSSR count). The number of benzene rings is 1. The minimum absolute atomic E-state index is 0.605. The van der Waals surface area contributed by atoms with E-state index >= 15 is 0 Å². The highest BCUT2D eigenvalue weighted by molar-refractivity contribution is 9.10. The molecular weight excluding hydrogens is 304 g/mol. The second kappa shape index (κ2) is 6.73. The third kappa shape index (κ3) is 3.50. The summed E-state index contributed by atoms with van der Waals surface area (Å²) < 4.78 is 6.54. The second-order valence-corrected chi connectivity index (χ2v) is 6.28. The smallest absolute Gasteiger partial charge is 0.123 e. The highest BCUT2D eigenvalue weighted by Gasteiger charge is 2.29. The quantitative estimate of drug-likeness (QED) is 0.903. The first-order chi connectivity index (χ1) is 9.15. The maximum absolute atomic E-state index is 5.88. The van der Waals surface area contributed by atoms with Crippen molar-refractivity contribution in [3.63, 3.8) is 0 Å². The molecule has 0 amide bonds. The van der Waals surface area contributed by atoms with Crippen molar-refractivity contribution in [1.82, 2.24) is 4.90 Å². The van der Waals surface area contributed by atoms with E-state index in [0.29, 0.717) is 12.0 Å². The number of nitrogens with two attached hydrogens (primary N) is 1. The summed E-state index contributed by atoms with van der Waals surface area (Å²) in [5.41, 5.74) is 7.10. The molecule has 1 aromatic rings. The number of hydrogen-bond acceptors (Lipinski definition) is 3. The van der Waals surface area contributed by atoms with E-state index in [1.54, 1.807) is 7.11 Å². The Morgan fingerprint density at radius 2 is 2.21 bits per heavy atom. The van der Waals surface area contributed by atoms with Crippen LogP contribution >= 0.6 is 15.9 Å². The Labute approximate surface area is 124 Å². The molecule has 19 heavy (non-hydrogen) atoms. The fourth-order valence-corrected chi connectivity index (χ4v) is 3.54. The van der Waals surface area contributed by atoms with E-state index in [0.717, 1.165) is 23.3 Å². The molecule has 4 heteroatoms. The lowest BCUT2D eigenvalue weighted by atomic mass is 10.0. The van der Waals surface area contributed by atoms with E-state index < -0.39 is 0 Å². The van der Waals surface area contributed by atoms with Crippen molar-refractivity contribution >= 4 is 15.9 Å². The normalized spacial score (nSPS) is 23.0. The molecule has 0 radical (unpaired) electrons. The van der Waals surface area contributed by atoms with E-state index in [1.165, 1.54) is 24.8 Å². The van der Waals surface area contributed by atoms with Crippen molar-refractivity contribution in [1.29, 1.82) is 0 Å². The summed E-state index contributed by atoms with van der Waals surface area (Å²) in [4.78, 5) is 2.43. The molecule has 1 aliphatic rings. The van der Waals surface area contributed by atoms with E-state index in [1.807, 2.05) is 12.1 Å². The monoisotopic (exact) mass is 326 g/mol. The maximum atomic E-state index is 5.88. The third-order valence-electron chi connectivity index (χ3n) is 4.15. The summed E-state index contributed by atoms with van der Waals surface area (Å²) in [5.74, 6) is 1.60. The van der Waals surface area contributed by atoms with Crippen LogP contribution in [-0.4, -0.2) is 31.6 Å². The molecule has 0 aromatic heterocycles. The van der Waals surface area contributed by atoms with Crippen molar-refractivity contribution in [2.75, 3.05) is 20.7 Å². The molecule has 3 nitrogen and oxygen atoms in total. The molecule has 0 heterocycles. The van der Waals surface area contributed by atoms with Crippen LogP contribution in [0.25, 0.3) is 0 Å². The van der Waals surface area contributed by atoms with Gasteiger partial charge in [-0.2, -0.15) is 0 Å². The minimum atomic E-state index is 0.605. The Hall–Kier alpha value is -0.580. The Kier molecular flexibility index (Phi) is 5.25. The molecule has 1 saturated carbocycles. The predicted molar refractivity (Wildman–Crippen MR) is 82.3 cm³/mol. The molecule has 1 aliphatic carbocycles. The first-order valence-electron chi connectivity index (χ1n) is 6.88. The molecule has 2 unspecified atom stereocenters. The van der Waals surface area contributed by atoms with Gasteiger partial charge in [-0.1, -0.05) is 22.4 Å². The molecule has 0 saturated heterocycles. The van der Waals surface area contributed by atoms with Gasteiger partial charge in [-0.25, -0.2) is 0 Å². The van der Waals surface area contributed by atoms with Crippen molar-refractivity contribution in [3.05, 3.63) is 28.2 Å². The van der Waals surface area contributed by atoms with Gasteiger partial charge in [0.1, 0.15) is 5.75 Å². The van der Waals surface area contributed by atoms with Crippen LogP contribution in [0.5, 0.6) is 5.75 Å². The lowest BCUT2D eigenvalue weighted by molar-refractivity contribution is 0.191. The van der Waals surface area contributed by atoms with Crippen LogP contribution in [-0.2, 0) is 6.54 Å². The zero-order valence-corrected chi connectivity index (χ0v) is 13.3. The molecule has 2 N–H and O–H groups in total. The van der Waals surface area contributed by atoms with Crippen LogP contribution in [0.15, 0.2) is 22.7 Å². The molecule has 0 bridgehead atoms. The fourth-order valence-electron chi connectivity index (χ4n) is 3.13. The highest BCUT2D eigenvalue weighted by atomic mass is 79.9. The van der Waals surface area contributed by atoms with Crippen molar-refractivity contribution in [2.24, 2.45) is 11.7 Å². The molecule has 0 spiro atoms. The highest BCUT2D eigenvalue weighted by Crippen LogP contribution is 2.31. The summed E-state index contributed by atoms with van der Waals surface area (Å²) >= 11 is 3.53. The third-order valence-corrected chi connectivity index (χ3v) is 4.64. The zero-order chi connectivity index (χ0) is 13.8. The summed E-state index contributed by atoms with van der Waals surface area (Å²) in [6, 6.07) is 6.78. The SMILES string of the molecule is COc1ccc(Br)cc1CN(C)C1CCCC1CN. The van der Waals surface area contributed by atoms with Gasteiger partial charge in [-0.05, 0) is 50.6 Å². The van der Waals surface area contributed by atoms with Crippen LogP contribution in [0.2, 0.25) is 0 Å². The van der Waals surface area contributed by atoms with E-state index in [4.69, 9.17) is 10.5 Å². The summed E-state index contributed by atoms with van der Waals surface area (Å²) in [6.45, 7) is 1.70. The summed E-state index contributed by atoms with van der Waals surface area (Å²) in [7, 11) is 3.92. The summed E-state index contributed by atoms with van der Waals surface area (Å²) in [5, 5.41) is 0. The molecule has 0 aliphatic heterocycles. The first-order valence-corrected chi connectivity index (χ1v) is 7.67. The number of nitrogens with zero attached hydrogens (tertiary/aromatic N) is 1. The standard InChI is InChI=1S/C15H23BrN2O/c1-18(14-5-3-4-11(14)9-17)10-12-8-13(16)6-7-15(12)19-2/h6-8,11,14H,3-5,9-10,17H2,1-2H3. The number of rotatable bonds is 5. The molecule has 1 fully saturated rings. The van der Waals surface area contributed by atoms with Crippen LogP contribution in [0.4, 0.5) is 0 Å². The van der Waals surface area contributed by atoms with Gasteiger partial charge in [-0.3, -0.25) is 4.90 Å². The van der Waals surface area contributed by atoms with Gasteiger partial charge >= 0.3 is 0 Å². The van der Waals surface area contributed by atoms with Gasteiger partial charge < -0.3 is 10.5 Å². The van der Waals surface area contributed by atoms with Gasteiger partial charge in [-0.15, -0.1) is 0 Å². The Morgan fingerprint density at radius 3 is 2.89 bits per heavy atom. The Balaban J connectivity index is 2.09. The Morgan fingerprint density at radius 1 is 1.42 bits per heavy atom. The van der Waals surface area contributed by atoms with Gasteiger partial charge in [0.2, 0.25) is 0 Å². The molecule has 2 atom stereocenters. The average Bonchev–Trinajstić information content (AvgIpc) is 2.87. The van der Waals surface area contributed by atoms with Crippen LogP contribution < -0.4 is 10.5 Å². The number of ether oxygens (including phenoxy) is 1. The van der Waals surface area contributed by atoms with Crippen molar-refractivity contribution in [2.45, 2.75) is 31.8 Å². The largest absolute Gasteiger partial charge is 0.496 e. The van der Waals surface area contributed by atoms with Crippen LogP contribution in [0.3, 0.4) is 0 Å². The summed E-state index contributed by atoms with van der Waals surface area (Å²) in [6.07, 6.45) is 3.82. The average molecular weight is 327 g/mol. The van der Waals surface area contributed by atoms with Gasteiger partial charge in [0.05, 0.1) is 7.11 Å². The van der Waals surface area contributed by atoms with E-state index in [2.05, 4.69) is 33.9 Å². The van der Waals surface area contributed by atoms with Crippen LogP contribution in [0.1, 0.15) is 24.8 Å². The second-order valence-electron chi connectivity index (χ2n) is 5.37. The Bertz CT molecular complexity index is 425. The van der Waals surface area contributed by atoms with Gasteiger partial charge in [0.15, 0.2) is 0 Å². The molecule has 106 valence electrons. The molecular formula is C15H23BrN2O. The number of halogens is 1. The molecule has 1 aromatic carbocycles.